The molecule has 1 rings (SSSR count). The van der Waals surface area contributed by atoms with Crippen molar-refractivity contribution in [2.45, 2.75) is 47.1 Å². The summed E-state index contributed by atoms with van der Waals surface area (Å²) in [6.07, 6.45) is 1.14. The summed E-state index contributed by atoms with van der Waals surface area (Å²) in [5, 5.41) is 3.48. The zero-order chi connectivity index (χ0) is 15.8. The van der Waals surface area contributed by atoms with E-state index in [1.54, 1.807) is 7.11 Å². The van der Waals surface area contributed by atoms with Crippen LogP contribution < -0.4 is 14.8 Å². The smallest absolute Gasteiger partial charge is 0.161 e. The van der Waals surface area contributed by atoms with E-state index in [2.05, 4.69) is 52.1 Å². The number of rotatable bonds is 9. The first-order chi connectivity index (χ1) is 9.97. The Balaban J connectivity index is 2.74. The zero-order valence-corrected chi connectivity index (χ0v) is 14.4. The lowest BCUT2D eigenvalue weighted by Gasteiger charge is -2.24. The van der Waals surface area contributed by atoms with Crippen LogP contribution in [0.15, 0.2) is 18.2 Å². The van der Waals surface area contributed by atoms with Crippen LogP contribution >= 0.6 is 0 Å². The van der Waals surface area contributed by atoms with Gasteiger partial charge in [-0.15, -0.1) is 0 Å². The first-order valence-corrected chi connectivity index (χ1v) is 8.02. The van der Waals surface area contributed by atoms with Crippen molar-refractivity contribution in [2.75, 3.05) is 20.2 Å². The molecule has 1 atom stereocenters. The molecule has 0 spiro atoms. The Kier molecular flexibility index (Phi) is 7.58. The molecule has 0 fully saturated rings. The zero-order valence-electron chi connectivity index (χ0n) is 14.4. The van der Waals surface area contributed by atoms with Crippen LogP contribution in [-0.2, 0) is 6.42 Å². The van der Waals surface area contributed by atoms with Crippen LogP contribution in [0.1, 0.15) is 40.2 Å². The van der Waals surface area contributed by atoms with Crippen molar-refractivity contribution >= 4 is 0 Å². The summed E-state index contributed by atoms with van der Waals surface area (Å²) in [6.45, 7) is 12.8. The van der Waals surface area contributed by atoms with Crippen molar-refractivity contribution in [3.63, 3.8) is 0 Å². The molecule has 3 heteroatoms. The van der Waals surface area contributed by atoms with Crippen molar-refractivity contribution < 1.29 is 9.47 Å². The van der Waals surface area contributed by atoms with Gasteiger partial charge in [-0.1, -0.05) is 40.7 Å². The predicted octanol–water partition coefficient (Wildman–Crippen LogP) is 3.91. The van der Waals surface area contributed by atoms with Crippen molar-refractivity contribution in [3.05, 3.63) is 23.8 Å². The van der Waals surface area contributed by atoms with Gasteiger partial charge in [-0.2, -0.15) is 0 Å². The summed E-state index contributed by atoms with van der Waals surface area (Å²) in [7, 11) is 1.70. The monoisotopic (exact) mass is 293 g/mol. The van der Waals surface area contributed by atoms with Gasteiger partial charge in [-0.05, 0) is 42.5 Å². The van der Waals surface area contributed by atoms with Gasteiger partial charge in [0, 0.05) is 6.54 Å². The lowest BCUT2D eigenvalue weighted by molar-refractivity contribution is 0.142. The minimum atomic E-state index is 0.144. The molecule has 0 aliphatic carbocycles. The molecule has 1 aromatic carbocycles. The minimum Gasteiger partial charge on any atom is -0.493 e. The normalized spacial score (nSPS) is 12.8. The van der Waals surface area contributed by atoms with Gasteiger partial charge in [0.2, 0.25) is 0 Å². The summed E-state index contributed by atoms with van der Waals surface area (Å²) in [6, 6.07) is 6.19. The van der Waals surface area contributed by atoms with Gasteiger partial charge < -0.3 is 14.8 Å². The molecule has 0 amide bonds. The fourth-order valence-corrected chi connectivity index (χ4v) is 2.12. The first-order valence-electron chi connectivity index (χ1n) is 8.02. The Hall–Kier alpha value is -1.22. The summed E-state index contributed by atoms with van der Waals surface area (Å²) >= 11 is 0. The fourth-order valence-electron chi connectivity index (χ4n) is 2.12. The van der Waals surface area contributed by atoms with E-state index in [-0.39, 0.29) is 6.10 Å². The van der Waals surface area contributed by atoms with E-state index in [1.165, 1.54) is 5.56 Å². The van der Waals surface area contributed by atoms with E-state index in [1.807, 2.05) is 6.07 Å². The van der Waals surface area contributed by atoms with Crippen LogP contribution in [0.3, 0.4) is 0 Å². The first kappa shape index (κ1) is 17.8. The van der Waals surface area contributed by atoms with Crippen LogP contribution in [0.5, 0.6) is 11.5 Å². The number of ether oxygens (including phenoxy) is 2. The van der Waals surface area contributed by atoms with Crippen LogP contribution in [0.2, 0.25) is 0 Å². The van der Waals surface area contributed by atoms with Crippen LogP contribution in [0.25, 0.3) is 0 Å². The second-order valence-electron chi connectivity index (χ2n) is 6.29. The molecule has 0 aromatic heterocycles. The maximum absolute atomic E-state index is 6.19. The molecule has 0 aliphatic heterocycles. The molecule has 0 aliphatic rings. The molecule has 1 N–H and O–H groups in total. The van der Waals surface area contributed by atoms with Crippen LogP contribution in [0, 0.1) is 11.8 Å². The molecule has 0 heterocycles. The molecule has 0 radical (unpaired) electrons. The molecule has 21 heavy (non-hydrogen) atoms. The van der Waals surface area contributed by atoms with E-state index in [4.69, 9.17) is 9.47 Å². The van der Waals surface area contributed by atoms with Gasteiger partial charge in [0.15, 0.2) is 11.5 Å². The maximum atomic E-state index is 6.19. The Morgan fingerprint density at radius 2 is 1.76 bits per heavy atom. The van der Waals surface area contributed by atoms with E-state index < -0.39 is 0 Å². The van der Waals surface area contributed by atoms with Crippen molar-refractivity contribution in [1.29, 1.82) is 0 Å². The van der Waals surface area contributed by atoms with Crippen molar-refractivity contribution in [1.82, 2.24) is 5.32 Å². The average molecular weight is 293 g/mol. The number of methoxy groups -OCH3 is 1. The number of hydrogen-bond acceptors (Lipinski definition) is 3. The Morgan fingerprint density at radius 1 is 1.05 bits per heavy atom. The average Bonchev–Trinajstić information content (AvgIpc) is 2.45. The molecule has 120 valence electrons. The van der Waals surface area contributed by atoms with Gasteiger partial charge >= 0.3 is 0 Å². The molecule has 0 bridgehead atoms. The highest BCUT2D eigenvalue weighted by Gasteiger charge is 2.17. The molecule has 0 saturated heterocycles. The predicted molar refractivity (Wildman–Crippen MR) is 89.3 cm³/mol. The lowest BCUT2D eigenvalue weighted by Crippen LogP contribution is -2.37. The Bertz CT molecular complexity index is 416. The quantitative estimate of drug-likeness (QED) is 0.749. The summed E-state index contributed by atoms with van der Waals surface area (Å²) in [5.74, 6) is 2.75. The van der Waals surface area contributed by atoms with Gasteiger partial charge in [-0.3, -0.25) is 0 Å². The summed E-state index contributed by atoms with van der Waals surface area (Å²) in [4.78, 5) is 0. The second kappa shape index (κ2) is 8.93. The van der Waals surface area contributed by atoms with Gasteiger partial charge in [0.1, 0.15) is 6.10 Å². The third-order valence-electron chi connectivity index (χ3n) is 3.56. The van der Waals surface area contributed by atoms with E-state index in [0.717, 1.165) is 31.0 Å². The summed E-state index contributed by atoms with van der Waals surface area (Å²) < 4.78 is 11.7. The third-order valence-corrected chi connectivity index (χ3v) is 3.56. The standard InChI is InChI=1S/C18H31NO2/c1-7-15-8-9-16(17(10-15)20-6)21-18(14(4)5)12-19-11-13(2)3/h8-10,13-14,18-19H,7,11-12H2,1-6H3. The van der Waals surface area contributed by atoms with Crippen molar-refractivity contribution in [2.24, 2.45) is 11.8 Å². The van der Waals surface area contributed by atoms with Gasteiger partial charge in [0.25, 0.3) is 0 Å². The molecular weight excluding hydrogens is 262 g/mol. The molecule has 3 nitrogen and oxygen atoms in total. The molecular formula is C18H31NO2. The highest BCUT2D eigenvalue weighted by molar-refractivity contribution is 5.43. The fraction of sp³-hybridized carbons (Fsp3) is 0.667. The Morgan fingerprint density at radius 3 is 2.29 bits per heavy atom. The number of aryl methyl sites for hydroxylation is 1. The number of benzene rings is 1. The number of nitrogens with one attached hydrogen (secondary N) is 1. The highest BCUT2D eigenvalue weighted by Crippen LogP contribution is 2.30. The molecule has 0 saturated carbocycles. The van der Waals surface area contributed by atoms with E-state index >= 15 is 0 Å². The highest BCUT2D eigenvalue weighted by atomic mass is 16.5. The minimum absolute atomic E-state index is 0.144. The number of hydrogen-bond donors (Lipinski definition) is 1. The van der Waals surface area contributed by atoms with Gasteiger partial charge in [-0.25, -0.2) is 0 Å². The van der Waals surface area contributed by atoms with Crippen LogP contribution in [0.4, 0.5) is 0 Å². The maximum Gasteiger partial charge on any atom is 0.161 e. The van der Waals surface area contributed by atoms with E-state index in [9.17, 15) is 0 Å². The Labute approximate surface area is 130 Å². The third kappa shape index (κ3) is 5.96. The molecule has 1 unspecified atom stereocenters. The van der Waals surface area contributed by atoms with E-state index in [0.29, 0.717) is 11.8 Å². The SMILES string of the molecule is CCc1ccc(OC(CNCC(C)C)C(C)C)c(OC)c1. The van der Waals surface area contributed by atoms with Gasteiger partial charge in [0.05, 0.1) is 7.11 Å². The molecule has 1 aromatic rings. The lowest BCUT2D eigenvalue weighted by atomic mass is 10.1. The van der Waals surface area contributed by atoms with Crippen LogP contribution in [-0.4, -0.2) is 26.3 Å². The second-order valence-corrected chi connectivity index (χ2v) is 6.29. The topological polar surface area (TPSA) is 30.5 Å². The largest absolute Gasteiger partial charge is 0.493 e. The van der Waals surface area contributed by atoms with Crippen molar-refractivity contribution in [3.8, 4) is 11.5 Å². The summed E-state index contributed by atoms with van der Waals surface area (Å²) in [5.41, 5.74) is 1.26.